The average molecular weight is 179 g/mol. The monoisotopic (exact) mass is 178 g/mol. The molecule has 0 nitrogen and oxygen atoms in total. The maximum atomic E-state index is 5.89. The van der Waals surface area contributed by atoms with Crippen LogP contribution in [0.25, 0.3) is 0 Å². The van der Waals surface area contributed by atoms with Crippen molar-refractivity contribution in [2.45, 2.75) is 38.5 Å². The molecule has 58 valence electrons. The fraction of sp³-hybridized carbons (Fsp3) is 0.750. The first-order chi connectivity index (χ1) is 4.80. The van der Waals surface area contributed by atoms with Crippen LogP contribution in [-0.4, -0.2) is 0 Å². The lowest BCUT2D eigenvalue weighted by Gasteiger charge is -2.08. The van der Waals surface area contributed by atoms with E-state index in [1.807, 2.05) is 0 Å². The third-order valence-electron chi connectivity index (χ3n) is 1.84. The van der Waals surface area contributed by atoms with Gasteiger partial charge in [-0.15, -0.1) is 0 Å². The Morgan fingerprint density at radius 1 is 0.700 bits per heavy atom. The molecule has 0 radical (unpaired) electrons. The number of rotatable bonds is 0. The van der Waals surface area contributed by atoms with Gasteiger partial charge in [0.1, 0.15) is 0 Å². The van der Waals surface area contributed by atoms with E-state index < -0.39 is 0 Å². The van der Waals surface area contributed by atoms with E-state index in [-0.39, 0.29) is 0 Å². The molecule has 0 aromatic rings. The van der Waals surface area contributed by atoms with Crippen molar-refractivity contribution >= 4 is 23.2 Å². The zero-order valence-corrected chi connectivity index (χ0v) is 7.51. The van der Waals surface area contributed by atoms with Crippen molar-refractivity contribution in [3.8, 4) is 0 Å². The van der Waals surface area contributed by atoms with Gasteiger partial charge in [0, 0.05) is 10.1 Å². The average Bonchev–Trinajstić information content (AvgIpc) is 1.92. The molecule has 0 aliphatic heterocycles. The van der Waals surface area contributed by atoms with Gasteiger partial charge < -0.3 is 0 Å². The second-order valence-electron chi connectivity index (χ2n) is 2.72. The second kappa shape index (κ2) is 4.25. The van der Waals surface area contributed by atoms with Crippen LogP contribution >= 0.6 is 23.2 Å². The molecule has 0 saturated carbocycles. The third-order valence-corrected chi connectivity index (χ3v) is 2.77. The fourth-order valence-corrected chi connectivity index (χ4v) is 1.64. The lowest BCUT2D eigenvalue weighted by atomic mass is 10.1. The normalized spacial score (nSPS) is 29.4. The first-order valence-electron chi connectivity index (χ1n) is 3.84. The van der Waals surface area contributed by atoms with Crippen LogP contribution in [-0.2, 0) is 0 Å². The smallest absolute Gasteiger partial charge is 0.0325 e. The first kappa shape index (κ1) is 8.42. The Balaban J connectivity index is 2.51. The van der Waals surface area contributed by atoms with E-state index in [4.69, 9.17) is 23.2 Å². The predicted molar refractivity (Wildman–Crippen MR) is 46.4 cm³/mol. The quantitative estimate of drug-likeness (QED) is 0.526. The molecule has 0 aromatic carbocycles. The highest BCUT2D eigenvalue weighted by molar-refractivity contribution is 6.39. The summed E-state index contributed by atoms with van der Waals surface area (Å²) in [7, 11) is 0. The van der Waals surface area contributed by atoms with Crippen molar-refractivity contribution < 1.29 is 0 Å². The Kier molecular flexibility index (Phi) is 3.58. The largest absolute Gasteiger partial charge is 0.0879 e. The van der Waals surface area contributed by atoms with E-state index >= 15 is 0 Å². The maximum absolute atomic E-state index is 5.89. The number of hydrogen-bond acceptors (Lipinski definition) is 0. The van der Waals surface area contributed by atoms with E-state index in [1.54, 1.807) is 0 Å². The zero-order chi connectivity index (χ0) is 7.40. The van der Waals surface area contributed by atoms with Gasteiger partial charge in [-0.25, -0.2) is 0 Å². The molecule has 0 unspecified atom stereocenters. The molecule has 0 amide bonds. The topological polar surface area (TPSA) is 0 Å². The molecular weight excluding hydrogens is 167 g/mol. The lowest BCUT2D eigenvalue weighted by Crippen LogP contribution is -1.88. The van der Waals surface area contributed by atoms with Gasteiger partial charge in [-0.1, -0.05) is 36.0 Å². The van der Waals surface area contributed by atoms with Gasteiger partial charge in [0.2, 0.25) is 0 Å². The Morgan fingerprint density at radius 3 is 1.50 bits per heavy atom. The van der Waals surface area contributed by atoms with E-state index in [0.717, 1.165) is 22.9 Å². The molecule has 0 N–H and O–H groups in total. The Hall–Kier alpha value is 0.320. The standard InChI is InChI=1S/C8H12Cl2/c9-7-5-3-1-2-4-6-8(7)10/h1-6H2/b8-7-. The van der Waals surface area contributed by atoms with E-state index in [2.05, 4.69) is 0 Å². The minimum absolute atomic E-state index is 0.890. The highest BCUT2D eigenvalue weighted by atomic mass is 35.5. The molecule has 0 heterocycles. The van der Waals surface area contributed by atoms with Gasteiger partial charge in [-0.3, -0.25) is 0 Å². The predicted octanol–water partition coefficient (Wildman–Crippen LogP) is 4.03. The molecule has 0 spiro atoms. The van der Waals surface area contributed by atoms with Crippen molar-refractivity contribution in [1.82, 2.24) is 0 Å². The molecule has 0 saturated heterocycles. The summed E-state index contributed by atoms with van der Waals surface area (Å²) in [5, 5.41) is 1.78. The summed E-state index contributed by atoms with van der Waals surface area (Å²) < 4.78 is 0. The van der Waals surface area contributed by atoms with Gasteiger partial charge in [-0.2, -0.15) is 0 Å². The third kappa shape index (κ3) is 2.51. The van der Waals surface area contributed by atoms with Gasteiger partial charge in [0.05, 0.1) is 0 Å². The number of halogens is 2. The summed E-state index contributed by atoms with van der Waals surface area (Å²) in [6, 6.07) is 0. The summed E-state index contributed by atoms with van der Waals surface area (Å²) >= 11 is 11.8. The summed E-state index contributed by atoms with van der Waals surface area (Å²) in [6.45, 7) is 0. The van der Waals surface area contributed by atoms with Crippen LogP contribution in [0.2, 0.25) is 0 Å². The van der Waals surface area contributed by atoms with Gasteiger partial charge >= 0.3 is 0 Å². The van der Waals surface area contributed by atoms with Gasteiger partial charge in [0.25, 0.3) is 0 Å². The number of allylic oxidation sites excluding steroid dienone is 2. The molecule has 2 heteroatoms. The summed E-state index contributed by atoms with van der Waals surface area (Å²) in [5.41, 5.74) is 0. The van der Waals surface area contributed by atoms with Crippen LogP contribution in [0, 0.1) is 0 Å². The Bertz CT molecular complexity index is 122. The van der Waals surface area contributed by atoms with E-state index in [9.17, 15) is 0 Å². The molecule has 0 atom stereocenters. The molecular formula is C8H12Cl2. The van der Waals surface area contributed by atoms with Crippen molar-refractivity contribution in [3.63, 3.8) is 0 Å². The van der Waals surface area contributed by atoms with E-state index in [0.29, 0.717) is 0 Å². The molecule has 0 bridgehead atoms. The molecule has 1 rings (SSSR count). The summed E-state index contributed by atoms with van der Waals surface area (Å²) in [6.07, 6.45) is 6.99. The minimum Gasteiger partial charge on any atom is -0.0879 e. The van der Waals surface area contributed by atoms with Crippen molar-refractivity contribution in [1.29, 1.82) is 0 Å². The summed E-state index contributed by atoms with van der Waals surface area (Å²) in [4.78, 5) is 0. The lowest BCUT2D eigenvalue weighted by molar-refractivity contribution is 0.630. The second-order valence-corrected chi connectivity index (χ2v) is 3.64. The highest BCUT2D eigenvalue weighted by Gasteiger charge is 2.05. The van der Waals surface area contributed by atoms with Crippen LogP contribution in [0.5, 0.6) is 0 Å². The van der Waals surface area contributed by atoms with Crippen LogP contribution in [0.3, 0.4) is 0 Å². The number of hydrogen-bond donors (Lipinski definition) is 0. The fourth-order valence-electron chi connectivity index (χ4n) is 1.19. The Labute approximate surface area is 72.2 Å². The SMILES string of the molecule is Cl/C1=C(\Cl)CCCCCC1. The van der Waals surface area contributed by atoms with Crippen molar-refractivity contribution in [3.05, 3.63) is 10.1 Å². The summed E-state index contributed by atoms with van der Waals surface area (Å²) in [5.74, 6) is 0. The molecule has 1 aliphatic rings. The molecule has 0 aromatic heterocycles. The minimum atomic E-state index is 0.890. The molecule has 0 fully saturated rings. The maximum Gasteiger partial charge on any atom is 0.0325 e. The van der Waals surface area contributed by atoms with Crippen LogP contribution in [0.1, 0.15) is 38.5 Å². The molecule has 1 aliphatic carbocycles. The van der Waals surface area contributed by atoms with Crippen LogP contribution in [0.15, 0.2) is 10.1 Å². The first-order valence-corrected chi connectivity index (χ1v) is 4.59. The van der Waals surface area contributed by atoms with Gasteiger partial charge in [-0.05, 0) is 25.7 Å². The van der Waals surface area contributed by atoms with Crippen molar-refractivity contribution in [2.24, 2.45) is 0 Å². The van der Waals surface area contributed by atoms with Crippen LogP contribution in [0.4, 0.5) is 0 Å². The Morgan fingerprint density at radius 2 is 1.10 bits per heavy atom. The zero-order valence-electron chi connectivity index (χ0n) is 6.00. The van der Waals surface area contributed by atoms with Crippen LogP contribution < -0.4 is 0 Å². The van der Waals surface area contributed by atoms with E-state index in [1.165, 1.54) is 25.7 Å². The van der Waals surface area contributed by atoms with Gasteiger partial charge in [0.15, 0.2) is 0 Å². The van der Waals surface area contributed by atoms with Crippen molar-refractivity contribution in [2.75, 3.05) is 0 Å². The highest BCUT2D eigenvalue weighted by Crippen LogP contribution is 2.27. The molecule has 10 heavy (non-hydrogen) atoms.